The third-order valence-electron chi connectivity index (χ3n) is 7.54. The molecule has 0 bridgehead atoms. The van der Waals surface area contributed by atoms with Crippen molar-refractivity contribution in [2.75, 3.05) is 0 Å². The number of aryl methyl sites for hydroxylation is 1. The van der Waals surface area contributed by atoms with Gasteiger partial charge < -0.3 is 4.57 Å². The van der Waals surface area contributed by atoms with Crippen LogP contribution in [0.2, 0.25) is 0 Å². The minimum atomic E-state index is 0. The van der Waals surface area contributed by atoms with Crippen LogP contribution >= 0.6 is 0 Å². The molecule has 0 atom stereocenters. The topological polar surface area (TPSA) is 56.5 Å². The molecule has 8 rings (SSSR count). The summed E-state index contributed by atoms with van der Waals surface area (Å²) in [6.45, 7) is 3.06. The van der Waals surface area contributed by atoms with E-state index in [0.717, 1.165) is 52.2 Å². The van der Waals surface area contributed by atoms with Crippen LogP contribution in [0.15, 0.2) is 122 Å². The lowest BCUT2D eigenvalue weighted by atomic mass is 10.0. The summed E-state index contributed by atoms with van der Waals surface area (Å²) in [5.41, 5.74) is 12.6. The number of nitrogens with zero attached hydrogens (tertiary/aromatic N) is 5. The molecule has 3 aromatic heterocycles. The first-order valence-electron chi connectivity index (χ1n) is 13.6. The second kappa shape index (κ2) is 11.1. The Hall–Kier alpha value is -5.16. The zero-order valence-electron chi connectivity index (χ0n) is 22.2. The number of rotatable bonds is 3. The molecule has 0 amide bonds. The molecule has 1 aliphatic carbocycles. The van der Waals surface area contributed by atoms with Gasteiger partial charge in [0.15, 0.2) is 0 Å². The standard InChI is InChI=1S/C18H15N3.C17H12N2.CH4/c1-2-21-15-11-7-6-10-14(15)17-18(21)16(19-12-20-17)13-8-4-3-5-9-13;1-2-6-12(7-3-1)16-15-10-13-8-4-5-9-14(13)17(15)19-11-18-16;/h3-12H,2H2,1H3;1-9,11H,10H2;1H4. The normalized spacial score (nSPS) is 11.3. The first kappa shape index (κ1) is 26.1. The summed E-state index contributed by atoms with van der Waals surface area (Å²) in [4.78, 5) is 18.0. The third-order valence-corrected chi connectivity index (χ3v) is 7.54. The SMILES string of the molecule is C.CCn1c2ccccc2c2ncnc(-c3ccccc3)c21.c1ccc(-c2ncnc3c2Cc2ccccc2-3)cc1. The second-order valence-electron chi connectivity index (χ2n) is 9.80. The highest BCUT2D eigenvalue weighted by Gasteiger charge is 2.23. The van der Waals surface area contributed by atoms with E-state index in [-0.39, 0.29) is 7.43 Å². The van der Waals surface area contributed by atoms with Gasteiger partial charge in [0, 0.05) is 40.6 Å². The maximum Gasteiger partial charge on any atom is 0.116 e. The Labute approximate surface area is 240 Å². The summed E-state index contributed by atoms with van der Waals surface area (Å²) in [6.07, 6.45) is 4.26. The quantitative estimate of drug-likeness (QED) is 0.228. The molecule has 4 aromatic carbocycles. The Bertz CT molecular complexity index is 1960. The van der Waals surface area contributed by atoms with Gasteiger partial charge in [-0.25, -0.2) is 19.9 Å². The molecule has 0 saturated heterocycles. The Morgan fingerprint density at radius 3 is 1.95 bits per heavy atom. The molecule has 3 heterocycles. The Kier molecular flexibility index (Phi) is 7.09. The maximum atomic E-state index is 4.55. The summed E-state index contributed by atoms with van der Waals surface area (Å²) >= 11 is 0. The van der Waals surface area contributed by atoms with Crippen LogP contribution in [0.25, 0.3) is 55.7 Å². The van der Waals surface area contributed by atoms with Crippen molar-refractivity contribution in [3.63, 3.8) is 0 Å². The van der Waals surface area contributed by atoms with Gasteiger partial charge in [-0.3, -0.25) is 0 Å². The van der Waals surface area contributed by atoms with Crippen LogP contribution in [-0.2, 0) is 13.0 Å². The van der Waals surface area contributed by atoms with Crippen molar-refractivity contribution in [3.05, 3.63) is 133 Å². The summed E-state index contributed by atoms with van der Waals surface area (Å²) in [5.74, 6) is 0. The average Bonchev–Trinajstić information content (AvgIpc) is 3.58. The zero-order chi connectivity index (χ0) is 26.9. The van der Waals surface area contributed by atoms with Crippen LogP contribution in [0.3, 0.4) is 0 Å². The van der Waals surface area contributed by atoms with Gasteiger partial charge in [-0.2, -0.15) is 0 Å². The van der Waals surface area contributed by atoms with Crippen LogP contribution in [0.5, 0.6) is 0 Å². The molecule has 5 heteroatoms. The average molecular weight is 534 g/mol. The minimum absolute atomic E-state index is 0. The summed E-state index contributed by atoms with van der Waals surface area (Å²) < 4.78 is 2.30. The van der Waals surface area contributed by atoms with E-state index in [1.165, 1.54) is 27.6 Å². The van der Waals surface area contributed by atoms with Crippen molar-refractivity contribution in [1.29, 1.82) is 0 Å². The molecule has 0 saturated carbocycles. The Morgan fingerprint density at radius 1 is 0.610 bits per heavy atom. The van der Waals surface area contributed by atoms with E-state index in [1.54, 1.807) is 12.7 Å². The van der Waals surface area contributed by atoms with Crippen LogP contribution in [0.4, 0.5) is 0 Å². The van der Waals surface area contributed by atoms with Crippen molar-refractivity contribution in [1.82, 2.24) is 24.5 Å². The van der Waals surface area contributed by atoms with Crippen LogP contribution in [0, 0.1) is 0 Å². The molecule has 0 radical (unpaired) electrons. The molecule has 41 heavy (non-hydrogen) atoms. The third kappa shape index (κ3) is 4.55. The van der Waals surface area contributed by atoms with Gasteiger partial charge in [-0.05, 0) is 18.6 Å². The molecule has 0 spiro atoms. The Balaban J connectivity index is 0.000000145. The number of aromatic nitrogens is 5. The van der Waals surface area contributed by atoms with E-state index < -0.39 is 0 Å². The smallest absolute Gasteiger partial charge is 0.116 e. The molecular formula is C36H31N5. The monoisotopic (exact) mass is 533 g/mol. The van der Waals surface area contributed by atoms with Crippen molar-refractivity contribution in [3.8, 4) is 33.8 Å². The van der Waals surface area contributed by atoms with Crippen molar-refractivity contribution >= 4 is 21.9 Å². The number of para-hydroxylation sites is 1. The molecule has 5 nitrogen and oxygen atoms in total. The van der Waals surface area contributed by atoms with Gasteiger partial charge >= 0.3 is 0 Å². The highest BCUT2D eigenvalue weighted by Crippen LogP contribution is 2.38. The van der Waals surface area contributed by atoms with Crippen LogP contribution < -0.4 is 0 Å². The van der Waals surface area contributed by atoms with E-state index in [4.69, 9.17) is 0 Å². The largest absolute Gasteiger partial charge is 0.338 e. The van der Waals surface area contributed by atoms with Gasteiger partial charge in [0.2, 0.25) is 0 Å². The number of fused-ring (bicyclic) bond motifs is 6. The predicted octanol–water partition coefficient (Wildman–Crippen LogP) is 8.62. The lowest BCUT2D eigenvalue weighted by molar-refractivity contribution is 0.825. The molecule has 0 aliphatic heterocycles. The van der Waals surface area contributed by atoms with Crippen molar-refractivity contribution in [2.45, 2.75) is 27.3 Å². The highest BCUT2D eigenvalue weighted by molar-refractivity contribution is 6.09. The summed E-state index contributed by atoms with van der Waals surface area (Å²) in [7, 11) is 0. The number of benzene rings is 4. The van der Waals surface area contributed by atoms with Gasteiger partial charge in [0.25, 0.3) is 0 Å². The van der Waals surface area contributed by atoms with Gasteiger partial charge in [0.1, 0.15) is 18.2 Å². The number of hydrogen-bond donors (Lipinski definition) is 0. The summed E-state index contributed by atoms with van der Waals surface area (Å²) in [5, 5.41) is 1.19. The molecule has 1 aliphatic rings. The minimum Gasteiger partial charge on any atom is -0.338 e. The van der Waals surface area contributed by atoms with E-state index in [2.05, 4.69) is 104 Å². The van der Waals surface area contributed by atoms with E-state index in [9.17, 15) is 0 Å². The maximum absolute atomic E-state index is 4.55. The van der Waals surface area contributed by atoms with Crippen molar-refractivity contribution in [2.24, 2.45) is 0 Å². The van der Waals surface area contributed by atoms with Crippen LogP contribution in [-0.4, -0.2) is 24.5 Å². The lowest BCUT2D eigenvalue weighted by Crippen LogP contribution is -1.97. The fraction of sp³-hybridized carbons (Fsp3) is 0.111. The van der Waals surface area contributed by atoms with E-state index in [1.807, 2.05) is 36.4 Å². The van der Waals surface area contributed by atoms with Gasteiger partial charge in [-0.1, -0.05) is 111 Å². The molecule has 7 aromatic rings. The lowest BCUT2D eigenvalue weighted by Gasteiger charge is -2.07. The van der Waals surface area contributed by atoms with E-state index >= 15 is 0 Å². The Morgan fingerprint density at radius 2 is 1.20 bits per heavy atom. The molecule has 0 unspecified atom stereocenters. The molecular weight excluding hydrogens is 502 g/mol. The molecule has 0 fully saturated rings. The second-order valence-corrected chi connectivity index (χ2v) is 9.80. The van der Waals surface area contributed by atoms with Gasteiger partial charge in [0.05, 0.1) is 28.1 Å². The fourth-order valence-electron chi connectivity index (χ4n) is 5.75. The van der Waals surface area contributed by atoms with Gasteiger partial charge in [-0.15, -0.1) is 0 Å². The molecule has 200 valence electrons. The highest BCUT2D eigenvalue weighted by atomic mass is 15.0. The summed E-state index contributed by atoms with van der Waals surface area (Å²) in [6, 6.07) is 37.5. The first-order valence-corrected chi connectivity index (χ1v) is 13.6. The number of hydrogen-bond acceptors (Lipinski definition) is 4. The van der Waals surface area contributed by atoms with E-state index in [0.29, 0.717) is 0 Å². The fourth-order valence-corrected chi connectivity index (χ4v) is 5.75. The van der Waals surface area contributed by atoms with Crippen LogP contribution in [0.1, 0.15) is 25.5 Å². The zero-order valence-corrected chi connectivity index (χ0v) is 22.2. The predicted molar refractivity (Wildman–Crippen MR) is 169 cm³/mol. The first-order chi connectivity index (χ1) is 19.8. The molecule has 0 N–H and O–H groups in total. The van der Waals surface area contributed by atoms with Crippen molar-refractivity contribution < 1.29 is 0 Å².